The van der Waals surface area contributed by atoms with Crippen molar-refractivity contribution in [2.45, 2.75) is 44.1 Å². The third-order valence-corrected chi connectivity index (χ3v) is 6.16. The topological polar surface area (TPSA) is 97.4 Å². The van der Waals surface area contributed by atoms with Crippen LogP contribution in [0.15, 0.2) is 91.0 Å². The van der Waals surface area contributed by atoms with Crippen LogP contribution in [0.5, 0.6) is 0 Å². The summed E-state index contributed by atoms with van der Waals surface area (Å²) in [7, 11) is 1.39. The summed E-state index contributed by atoms with van der Waals surface area (Å²) in [6.45, 7) is 3.18. The Morgan fingerprint density at radius 1 is 0.757 bits per heavy atom. The normalized spacial score (nSPS) is 23.6. The maximum atomic E-state index is 13.1. The first kappa shape index (κ1) is 26.1. The molecule has 0 bridgehead atoms. The van der Waals surface area contributed by atoms with Crippen LogP contribution in [0.4, 0.5) is 0 Å². The molecule has 5 atom stereocenters. The van der Waals surface area contributed by atoms with E-state index in [2.05, 4.69) is 0 Å². The van der Waals surface area contributed by atoms with Crippen LogP contribution in [0.3, 0.4) is 0 Å². The largest absolute Gasteiger partial charge is 0.456 e. The predicted octanol–water partition coefficient (Wildman–Crippen LogP) is 4.44. The minimum absolute atomic E-state index is 0.299. The van der Waals surface area contributed by atoms with E-state index in [9.17, 15) is 14.4 Å². The highest BCUT2D eigenvalue weighted by atomic mass is 16.7. The van der Waals surface area contributed by atoms with Crippen molar-refractivity contribution in [3.63, 3.8) is 0 Å². The zero-order chi connectivity index (χ0) is 26.4. The van der Waals surface area contributed by atoms with Gasteiger partial charge in [0, 0.05) is 7.11 Å². The van der Waals surface area contributed by atoms with Gasteiger partial charge in [0.05, 0.1) is 16.7 Å². The van der Waals surface area contributed by atoms with E-state index in [1.807, 2.05) is 0 Å². The molecule has 37 heavy (non-hydrogen) atoms. The average Bonchev–Trinajstić information content (AvgIpc) is 3.20. The fourth-order valence-corrected chi connectivity index (χ4v) is 4.21. The van der Waals surface area contributed by atoms with Crippen molar-refractivity contribution in [2.75, 3.05) is 7.11 Å². The molecule has 8 nitrogen and oxygen atoms in total. The summed E-state index contributed by atoms with van der Waals surface area (Å²) in [5.74, 6) is -1.88. The quantitative estimate of drug-likeness (QED) is 0.328. The van der Waals surface area contributed by atoms with Crippen LogP contribution in [0.25, 0.3) is 0 Å². The second-order valence-electron chi connectivity index (χ2n) is 8.78. The number of ether oxygens (including phenoxy) is 5. The fraction of sp³-hybridized carbons (Fsp3) is 0.276. The molecule has 3 aromatic carbocycles. The fourth-order valence-electron chi connectivity index (χ4n) is 4.21. The second kappa shape index (κ2) is 11.4. The van der Waals surface area contributed by atoms with E-state index in [4.69, 9.17) is 23.7 Å². The van der Waals surface area contributed by atoms with Gasteiger partial charge in [-0.1, -0.05) is 54.6 Å². The minimum Gasteiger partial charge on any atom is -0.456 e. The van der Waals surface area contributed by atoms with E-state index in [1.54, 1.807) is 105 Å². The van der Waals surface area contributed by atoms with Crippen molar-refractivity contribution < 1.29 is 38.1 Å². The van der Waals surface area contributed by atoms with Crippen LogP contribution in [0, 0.1) is 0 Å². The molecule has 4 rings (SSSR count). The van der Waals surface area contributed by atoms with Crippen molar-refractivity contribution in [3.8, 4) is 0 Å². The smallest absolute Gasteiger partial charge is 0.338 e. The van der Waals surface area contributed by atoms with Crippen LogP contribution in [-0.4, -0.2) is 55.2 Å². The molecule has 192 valence electrons. The number of carbonyl (C=O) groups excluding carboxylic acids is 3. The standard InChI is InChI=1S/C29H28O8/c1-19(34-25(30)20-13-7-4-8-14-20)23-24(36-26(31)21-15-9-5-10-16-21)29(2,28(33-3)35-23)37-27(32)22-17-11-6-12-18-22/h4-19,23-24,28H,1-3H3/t19?,23-,24?,28-,29?/m1/s1. The number of hydrogen-bond donors (Lipinski definition) is 0. The van der Waals surface area contributed by atoms with Crippen LogP contribution in [-0.2, 0) is 23.7 Å². The van der Waals surface area contributed by atoms with Gasteiger partial charge in [0.15, 0.2) is 11.7 Å². The monoisotopic (exact) mass is 504 g/mol. The van der Waals surface area contributed by atoms with Crippen LogP contribution >= 0.6 is 0 Å². The molecule has 1 aliphatic rings. The molecule has 1 fully saturated rings. The molecule has 0 aliphatic carbocycles. The van der Waals surface area contributed by atoms with E-state index in [-0.39, 0.29) is 0 Å². The Morgan fingerprint density at radius 3 is 1.70 bits per heavy atom. The van der Waals surface area contributed by atoms with Gasteiger partial charge in [-0.3, -0.25) is 0 Å². The van der Waals surface area contributed by atoms with Crippen molar-refractivity contribution in [1.82, 2.24) is 0 Å². The lowest BCUT2D eigenvalue weighted by atomic mass is 9.94. The van der Waals surface area contributed by atoms with Crippen molar-refractivity contribution in [1.29, 1.82) is 0 Å². The van der Waals surface area contributed by atoms with Gasteiger partial charge in [0.1, 0.15) is 12.2 Å². The number of hydrogen-bond acceptors (Lipinski definition) is 8. The highest BCUT2D eigenvalue weighted by molar-refractivity contribution is 5.91. The molecule has 1 aliphatic heterocycles. The van der Waals surface area contributed by atoms with E-state index >= 15 is 0 Å². The summed E-state index contributed by atoms with van der Waals surface area (Å²) in [6, 6.07) is 25.3. The molecule has 0 saturated carbocycles. The Hall–Kier alpha value is -4.01. The average molecular weight is 505 g/mol. The summed E-state index contributed by atoms with van der Waals surface area (Å²) in [5.41, 5.74) is -0.609. The molecule has 0 amide bonds. The molecular weight excluding hydrogens is 476 g/mol. The number of esters is 3. The first-order valence-electron chi connectivity index (χ1n) is 11.8. The molecule has 8 heteroatoms. The van der Waals surface area contributed by atoms with Gasteiger partial charge >= 0.3 is 17.9 Å². The zero-order valence-corrected chi connectivity index (χ0v) is 20.7. The Balaban J connectivity index is 1.64. The molecule has 0 aromatic heterocycles. The minimum atomic E-state index is -1.57. The van der Waals surface area contributed by atoms with E-state index in [0.29, 0.717) is 16.7 Å². The van der Waals surface area contributed by atoms with Crippen molar-refractivity contribution in [3.05, 3.63) is 108 Å². The van der Waals surface area contributed by atoms with Crippen molar-refractivity contribution >= 4 is 17.9 Å². The lowest BCUT2D eigenvalue weighted by Gasteiger charge is -2.34. The third-order valence-electron chi connectivity index (χ3n) is 6.16. The van der Waals surface area contributed by atoms with Gasteiger partial charge in [-0.15, -0.1) is 0 Å². The van der Waals surface area contributed by atoms with Gasteiger partial charge in [-0.2, -0.15) is 0 Å². The van der Waals surface area contributed by atoms with Crippen LogP contribution in [0.2, 0.25) is 0 Å². The first-order valence-corrected chi connectivity index (χ1v) is 11.8. The maximum absolute atomic E-state index is 13.1. The van der Waals surface area contributed by atoms with Gasteiger partial charge in [-0.25, -0.2) is 14.4 Å². The SMILES string of the molecule is CO[C@@H]1O[C@H](C(C)OC(=O)c2ccccc2)C(OC(=O)c2ccccc2)C1(C)OC(=O)c1ccccc1. The van der Waals surface area contributed by atoms with Gasteiger partial charge in [0.25, 0.3) is 0 Å². The summed E-state index contributed by atoms with van der Waals surface area (Å²) in [4.78, 5) is 38.9. The Labute approximate surface area is 215 Å². The summed E-state index contributed by atoms with van der Waals surface area (Å²) in [5, 5.41) is 0. The number of methoxy groups -OCH3 is 1. The highest BCUT2D eigenvalue weighted by Gasteiger charge is 2.61. The molecule has 3 aromatic rings. The van der Waals surface area contributed by atoms with Gasteiger partial charge < -0.3 is 23.7 Å². The molecule has 3 unspecified atom stereocenters. The molecule has 1 saturated heterocycles. The molecule has 0 N–H and O–H groups in total. The Kier molecular flexibility index (Phi) is 8.01. The molecule has 0 radical (unpaired) electrons. The molecular formula is C29H28O8. The van der Waals surface area contributed by atoms with Crippen molar-refractivity contribution in [2.24, 2.45) is 0 Å². The zero-order valence-electron chi connectivity index (χ0n) is 20.7. The summed E-state index contributed by atoms with van der Waals surface area (Å²) in [6.07, 6.45) is -4.18. The van der Waals surface area contributed by atoms with Gasteiger partial charge in [-0.05, 0) is 50.2 Å². The van der Waals surface area contributed by atoms with Crippen LogP contribution < -0.4 is 0 Å². The lowest BCUT2D eigenvalue weighted by Crippen LogP contribution is -2.53. The maximum Gasteiger partial charge on any atom is 0.338 e. The van der Waals surface area contributed by atoms with Crippen LogP contribution in [0.1, 0.15) is 44.9 Å². The number of rotatable bonds is 8. The number of carbonyl (C=O) groups is 3. The predicted molar refractivity (Wildman–Crippen MR) is 133 cm³/mol. The highest BCUT2D eigenvalue weighted by Crippen LogP contribution is 2.40. The Bertz CT molecular complexity index is 1210. The lowest BCUT2D eigenvalue weighted by molar-refractivity contribution is -0.191. The van der Waals surface area contributed by atoms with E-state index in [1.165, 1.54) is 7.11 Å². The molecule has 0 spiro atoms. The Morgan fingerprint density at radius 2 is 1.22 bits per heavy atom. The summed E-state index contributed by atoms with van der Waals surface area (Å²) < 4.78 is 29.0. The third kappa shape index (κ3) is 5.71. The number of benzene rings is 3. The second-order valence-corrected chi connectivity index (χ2v) is 8.78. The van der Waals surface area contributed by atoms with E-state index in [0.717, 1.165) is 0 Å². The first-order chi connectivity index (χ1) is 17.8. The van der Waals surface area contributed by atoms with Gasteiger partial charge in [0.2, 0.25) is 6.29 Å². The van der Waals surface area contributed by atoms with E-state index < -0.39 is 48.1 Å². The summed E-state index contributed by atoms with van der Waals surface area (Å²) >= 11 is 0. The molecule has 1 heterocycles.